The Hall–Kier alpha value is -1.87. The summed E-state index contributed by atoms with van der Waals surface area (Å²) < 4.78 is 13.1. The van der Waals surface area contributed by atoms with Crippen LogP contribution in [0.15, 0.2) is 36.4 Å². The van der Waals surface area contributed by atoms with Gasteiger partial charge in [0, 0.05) is 22.7 Å². The second-order valence-corrected chi connectivity index (χ2v) is 4.81. The topological polar surface area (TPSA) is 43.1 Å². The molecule has 19 heavy (non-hydrogen) atoms. The molecule has 2 nitrogen and oxygen atoms in total. The summed E-state index contributed by atoms with van der Waals surface area (Å²) in [5, 5.41) is 0.391. The Kier molecular flexibility index (Phi) is 3.86. The van der Waals surface area contributed by atoms with Crippen molar-refractivity contribution in [2.24, 2.45) is 0 Å². The summed E-state index contributed by atoms with van der Waals surface area (Å²) in [5.74, 6) is -0.517. The molecule has 0 fully saturated rings. The molecule has 0 saturated heterocycles. The van der Waals surface area contributed by atoms with Crippen molar-refractivity contribution in [3.63, 3.8) is 0 Å². The highest BCUT2D eigenvalue weighted by Gasteiger charge is 2.11. The van der Waals surface area contributed by atoms with E-state index in [1.807, 2.05) is 6.92 Å². The van der Waals surface area contributed by atoms with Gasteiger partial charge in [0.05, 0.1) is 0 Å². The largest absolute Gasteiger partial charge is 0.399 e. The second kappa shape index (κ2) is 5.41. The average Bonchev–Trinajstić information content (AvgIpc) is 2.37. The van der Waals surface area contributed by atoms with E-state index in [4.69, 9.17) is 17.3 Å². The van der Waals surface area contributed by atoms with Crippen LogP contribution in [0.4, 0.5) is 10.1 Å². The third-order valence-corrected chi connectivity index (χ3v) is 3.32. The summed E-state index contributed by atoms with van der Waals surface area (Å²) in [6.07, 6.45) is 0.0694. The number of halogens is 2. The molecule has 98 valence electrons. The molecule has 0 unspecified atom stereocenters. The summed E-state index contributed by atoms with van der Waals surface area (Å²) in [5.41, 5.74) is 8.22. The molecule has 0 heterocycles. The SMILES string of the molecule is Cc1cc(C(=O)Cc2cc(F)ccc2Cl)ccc1N. The van der Waals surface area contributed by atoms with Crippen molar-refractivity contribution >= 4 is 23.1 Å². The van der Waals surface area contributed by atoms with Crippen molar-refractivity contribution in [3.05, 3.63) is 63.9 Å². The number of benzene rings is 2. The second-order valence-electron chi connectivity index (χ2n) is 4.41. The van der Waals surface area contributed by atoms with Gasteiger partial charge in [-0.1, -0.05) is 11.6 Å². The number of Topliss-reactive ketones (excluding diaryl/α,β-unsaturated/α-hetero) is 1. The molecule has 0 amide bonds. The zero-order valence-electron chi connectivity index (χ0n) is 10.4. The van der Waals surface area contributed by atoms with E-state index < -0.39 is 5.82 Å². The lowest BCUT2D eigenvalue weighted by Crippen LogP contribution is -2.05. The molecule has 0 aromatic heterocycles. The zero-order chi connectivity index (χ0) is 14.0. The Balaban J connectivity index is 2.25. The lowest BCUT2D eigenvalue weighted by Gasteiger charge is -2.06. The van der Waals surface area contributed by atoms with Crippen molar-refractivity contribution in [1.29, 1.82) is 0 Å². The van der Waals surface area contributed by atoms with Crippen molar-refractivity contribution in [2.45, 2.75) is 13.3 Å². The van der Waals surface area contributed by atoms with Gasteiger partial charge in [0.2, 0.25) is 0 Å². The quantitative estimate of drug-likeness (QED) is 0.685. The first-order valence-corrected chi connectivity index (χ1v) is 6.18. The highest BCUT2D eigenvalue weighted by Crippen LogP contribution is 2.20. The Morgan fingerprint density at radius 2 is 2.00 bits per heavy atom. The molecule has 0 bridgehead atoms. The lowest BCUT2D eigenvalue weighted by molar-refractivity contribution is 0.0993. The summed E-state index contributed by atoms with van der Waals surface area (Å²) in [7, 11) is 0. The van der Waals surface area contributed by atoms with Gasteiger partial charge in [0.1, 0.15) is 5.82 Å². The zero-order valence-corrected chi connectivity index (χ0v) is 11.2. The van der Waals surface area contributed by atoms with Crippen LogP contribution in [0, 0.1) is 12.7 Å². The predicted molar refractivity (Wildman–Crippen MR) is 75.0 cm³/mol. The molecule has 0 radical (unpaired) electrons. The normalized spacial score (nSPS) is 10.5. The van der Waals surface area contributed by atoms with Crippen LogP contribution in [-0.4, -0.2) is 5.78 Å². The summed E-state index contributed by atoms with van der Waals surface area (Å²) in [6, 6.07) is 9.08. The Morgan fingerprint density at radius 1 is 1.26 bits per heavy atom. The third kappa shape index (κ3) is 3.12. The molecular weight excluding hydrogens is 265 g/mol. The van der Waals surface area contributed by atoms with Crippen LogP contribution in [0.25, 0.3) is 0 Å². The van der Waals surface area contributed by atoms with Crippen LogP contribution in [0.5, 0.6) is 0 Å². The van der Waals surface area contributed by atoms with Gasteiger partial charge < -0.3 is 5.73 Å². The van der Waals surface area contributed by atoms with E-state index in [-0.39, 0.29) is 12.2 Å². The highest BCUT2D eigenvalue weighted by atomic mass is 35.5. The molecule has 2 aromatic rings. The molecule has 0 aliphatic rings. The summed E-state index contributed by atoms with van der Waals surface area (Å²) >= 11 is 5.95. The number of ketones is 1. The first kappa shape index (κ1) is 13.6. The Bertz CT molecular complexity index is 640. The molecule has 2 N–H and O–H groups in total. The fourth-order valence-corrected chi connectivity index (χ4v) is 1.99. The summed E-state index contributed by atoms with van der Waals surface area (Å²) in [4.78, 5) is 12.1. The Labute approximate surface area is 116 Å². The number of rotatable bonds is 3. The fraction of sp³-hybridized carbons (Fsp3) is 0.133. The van der Waals surface area contributed by atoms with E-state index in [2.05, 4.69) is 0 Å². The number of carbonyl (C=O) groups excluding carboxylic acids is 1. The van der Waals surface area contributed by atoms with E-state index in [1.54, 1.807) is 18.2 Å². The highest BCUT2D eigenvalue weighted by molar-refractivity contribution is 6.31. The van der Waals surface area contributed by atoms with Crippen molar-refractivity contribution in [2.75, 3.05) is 5.73 Å². The van der Waals surface area contributed by atoms with Crippen molar-refractivity contribution in [3.8, 4) is 0 Å². The minimum absolute atomic E-state index is 0.0694. The average molecular weight is 278 g/mol. The molecule has 4 heteroatoms. The van der Waals surface area contributed by atoms with Gasteiger partial charge in [-0.15, -0.1) is 0 Å². The monoisotopic (exact) mass is 277 g/mol. The number of aryl methyl sites for hydroxylation is 1. The number of anilines is 1. The smallest absolute Gasteiger partial charge is 0.167 e. The van der Waals surface area contributed by atoms with Crippen LogP contribution >= 0.6 is 11.6 Å². The van der Waals surface area contributed by atoms with Gasteiger partial charge in [-0.05, 0) is 54.4 Å². The van der Waals surface area contributed by atoms with Gasteiger partial charge in [0.25, 0.3) is 0 Å². The molecule has 0 spiro atoms. The number of nitrogen functional groups attached to an aromatic ring is 1. The van der Waals surface area contributed by atoms with Gasteiger partial charge in [-0.25, -0.2) is 4.39 Å². The number of hydrogen-bond donors (Lipinski definition) is 1. The van der Waals surface area contributed by atoms with Gasteiger partial charge >= 0.3 is 0 Å². The van der Waals surface area contributed by atoms with Crippen LogP contribution in [0.1, 0.15) is 21.5 Å². The van der Waals surface area contributed by atoms with Crippen molar-refractivity contribution < 1.29 is 9.18 Å². The van der Waals surface area contributed by atoms with Crippen LogP contribution < -0.4 is 5.73 Å². The number of hydrogen-bond acceptors (Lipinski definition) is 2. The van der Waals surface area contributed by atoms with E-state index in [0.29, 0.717) is 21.8 Å². The van der Waals surface area contributed by atoms with Crippen LogP contribution in [0.3, 0.4) is 0 Å². The predicted octanol–water partition coefficient (Wildman–Crippen LogP) is 3.80. The first-order valence-electron chi connectivity index (χ1n) is 5.80. The molecule has 0 aliphatic carbocycles. The first-order chi connectivity index (χ1) is 8.97. The number of nitrogens with two attached hydrogens (primary N) is 1. The van der Waals surface area contributed by atoms with Gasteiger partial charge in [0.15, 0.2) is 5.78 Å². The third-order valence-electron chi connectivity index (χ3n) is 2.95. The van der Waals surface area contributed by atoms with Gasteiger partial charge in [-0.3, -0.25) is 4.79 Å². The molecule has 2 rings (SSSR count). The molecule has 0 saturated carbocycles. The summed E-state index contributed by atoms with van der Waals surface area (Å²) in [6.45, 7) is 1.83. The van der Waals surface area contributed by atoms with E-state index in [1.165, 1.54) is 18.2 Å². The van der Waals surface area contributed by atoms with Crippen LogP contribution in [0.2, 0.25) is 5.02 Å². The minimum Gasteiger partial charge on any atom is -0.399 e. The Morgan fingerprint density at radius 3 is 2.68 bits per heavy atom. The van der Waals surface area contributed by atoms with Crippen LogP contribution in [-0.2, 0) is 6.42 Å². The molecule has 2 aromatic carbocycles. The lowest BCUT2D eigenvalue weighted by atomic mass is 10.0. The number of carbonyl (C=O) groups is 1. The van der Waals surface area contributed by atoms with Gasteiger partial charge in [-0.2, -0.15) is 0 Å². The maximum absolute atomic E-state index is 13.1. The molecular formula is C15H13ClFNO. The fourth-order valence-electron chi connectivity index (χ4n) is 1.80. The van der Waals surface area contributed by atoms with E-state index in [0.717, 1.165) is 5.56 Å². The van der Waals surface area contributed by atoms with E-state index in [9.17, 15) is 9.18 Å². The molecule has 0 atom stereocenters. The minimum atomic E-state index is -0.402. The molecule has 0 aliphatic heterocycles. The van der Waals surface area contributed by atoms with E-state index >= 15 is 0 Å². The maximum Gasteiger partial charge on any atom is 0.167 e. The van der Waals surface area contributed by atoms with Crippen molar-refractivity contribution in [1.82, 2.24) is 0 Å². The standard InChI is InChI=1S/C15H13ClFNO/c1-9-6-10(2-5-14(9)18)15(19)8-11-7-12(17)3-4-13(11)16/h2-7H,8,18H2,1H3. The maximum atomic E-state index is 13.1.